The van der Waals surface area contributed by atoms with Crippen LogP contribution in [-0.4, -0.2) is 35.1 Å². The summed E-state index contributed by atoms with van der Waals surface area (Å²) in [4.78, 5) is 28.9. The number of halogens is 1. The van der Waals surface area contributed by atoms with Crippen LogP contribution < -0.4 is 5.32 Å². The second-order valence-corrected chi connectivity index (χ2v) is 8.96. The Morgan fingerprint density at radius 1 is 1.22 bits per heavy atom. The molecule has 0 unspecified atom stereocenters. The molecule has 1 aromatic carbocycles. The van der Waals surface area contributed by atoms with E-state index in [9.17, 15) is 9.59 Å². The Bertz CT molecular complexity index is 765. The van der Waals surface area contributed by atoms with E-state index in [1.807, 2.05) is 17.5 Å². The number of nitrogens with one attached hydrogen (secondary N) is 1. The predicted molar refractivity (Wildman–Crippen MR) is 113 cm³/mol. The lowest BCUT2D eigenvalue weighted by Gasteiger charge is -2.28. The Balaban J connectivity index is 1.80. The monoisotopic (exact) mass is 422 g/mol. The number of rotatable bonds is 7. The average molecular weight is 423 g/mol. The van der Waals surface area contributed by atoms with Gasteiger partial charge in [-0.15, -0.1) is 23.1 Å². The van der Waals surface area contributed by atoms with Gasteiger partial charge in [0.05, 0.1) is 0 Å². The number of benzene rings is 1. The molecule has 1 fully saturated rings. The van der Waals surface area contributed by atoms with Gasteiger partial charge in [0.15, 0.2) is 0 Å². The molecule has 1 aromatic heterocycles. The molecule has 0 saturated carbocycles. The number of carbonyl (C=O) groups is 2. The smallest absolute Gasteiger partial charge is 0.255 e. The van der Waals surface area contributed by atoms with Gasteiger partial charge < -0.3 is 10.2 Å². The maximum atomic E-state index is 13.2. The molecule has 2 heterocycles. The van der Waals surface area contributed by atoms with Crippen LogP contribution in [0.1, 0.15) is 46.8 Å². The highest BCUT2D eigenvalue weighted by atomic mass is 35.5. The van der Waals surface area contributed by atoms with E-state index < -0.39 is 6.04 Å². The van der Waals surface area contributed by atoms with Crippen LogP contribution in [0.3, 0.4) is 0 Å². The van der Waals surface area contributed by atoms with Crippen molar-refractivity contribution in [3.05, 3.63) is 57.2 Å². The number of thiophene rings is 1. The third-order valence-electron chi connectivity index (χ3n) is 4.49. The van der Waals surface area contributed by atoms with Crippen LogP contribution in [0.4, 0.5) is 0 Å². The van der Waals surface area contributed by atoms with Crippen molar-refractivity contribution in [2.75, 3.05) is 12.3 Å². The number of hydrogen-bond donors (Lipinski definition) is 1. The van der Waals surface area contributed by atoms with Gasteiger partial charge in [-0.1, -0.05) is 37.4 Å². The van der Waals surface area contributed by atoms with Gasteiger partial charge in [-0.2, -0.15) is 0 Å². The summed E-state index contributed by atoms with van der Waals surface area (Å²) in [6.45, 7) is 2.79. The largest absolute Gasteiger partial charge is 0.354 e. The molecule has 1 aliphatic heterocycles. The van der Waals surface area contributed by atoms with Gasteiger partial charge >= 0.3 is 0 Å². The Morgan fingerprint density at radius 2 is 2.00 bits per heavy atom. The quantitative estimate of drug-likeness (QED) is 0.641. The van der Waals surface area contributed by atoms with Gasteiger partial charge in [-0.3, -0.25) is 9.59 Å². The maximum absolute atomic E-state index is 13.2. The Labute approximate surface area is 173 Å². The molecule has 144 valence electrons. The van der Waals surface area contributed by atoms with Crippen molar-refractivity contribution in [1.82, 2.24) is 10.2 Å². The van der Waals surface area contributed by atoms with Gasteiger partial charge in [0.2, 0.25) is 5.91 Å². The minimum absolute atomic E-state index is 0.0695. The summed E-state index contributed by atoms with van der Waals surface area (Å²) < 4.78 is 0. The third kappa shape index (κ3) is 4.86. The van der Waals surface area contributed by atoms with Gasteiger partial charge in [0.25, 0.3) is 5.91 Å². The molecule has 1 N–H and O–H groups in total. The van der Waals surface area contributed by atoms with E-state index in [0.29, 0.717) is 22.9 Å². The Kier molecular flexibility index (Phi) is 7.21. The summed E-state index contributed by atoms with van der Waals surface area (Å²) in [5.41, 5.74) is 0.548. The maximum Gasteiger partial charge on any atom is 0.255 e. The number of nitrogens with zero attached hydrogens (tertiary/aromatic N) is 1. The minimum Gasteiger partial charge on any atom is -0.354 e. The molecule has 3 rings (SSSR count). The fourth-order valence-electron chi connectivity index (χ4n) is 3.05. The van der Waals surface area contributed by atoms with Crippen molar-refractivity contribution in [1.29, 1.82) is 0 Å². The van der Waals surface area contributed by atoms with E-state index in [0.717, 1.165) is 24.1 Å². The summed E-state index contributed by atoms with van der Waals surface area (Å²) in [7, 11) is 0. The first-order valence-corrected chi connectivity index (χ1v) is 11.4. The van der Waals surface area contributed by atoms with Crippen molar-refractivity contribution in [3.8, 4) is 0 Å². The summed E-state index contributed by atoms with van der Waals surface area (Å²) >= 11 is 9.21. The van der Waals surface area contributed by atoms with Crippen LogP contribution in [0.5, 0.6) is 0 Å². The standard InChI is InChI=1S/C20H23ClN2O2S2/c1-2-3-4-11-22-18(24)16-13-27-20(17-6-5-12-26-17)23(16)19(25)14-7-9-15(21)10-8-14/h5-10,12,16,20H,2-4,11,13H2,1H3,(H,22,24)/t16-,20-/m0/s1. The van der Waals surface area contributed by atoms with Crippen LogP contribution in [0.25, 0.3) is 0 Å². The highest BCUT2D eigenvalue weighted by Gasteiger charge is 2.42. The van der Waals surface area contributed by atoms with Crippen molar-refractivity contribution >= 4 is 46.5 Å². The van der Waals surface area contributed by atoms with Crippen LogP contribution in [0.15, 0.2) is 41.8 Å². The number of amides is 2. The molecule has 0 spiro atoms. The number of hydrogen-bond acceptors (Lipinski definition) is 4. The van der Waals surface area contributed by atoms with E-state index in [4.69, 9.17) is 11.6 Å². The molecule has 2 atom stereocenters. The van der Waals surface area contributed by atoms with Crippen molar-refractivity contribution in [3.63, 3.8) is 0 Å². The number of thioether (sulfide) groups is 1. The molecule has 0 radical (unpaired) electrons. The lowest BCUT2D eigenvalue weighted by Crippen LogP contribution is -2.48. The fraction of sp³-hybridized carbons (Fsp3) is 0.400. The second kappa shape index (κ2) is 9.62. The molecule has 27 heavy (non-hydrogen) atoms. The van der Waals surface area contributed by atoms with E-state index in [2.05, 4.69) is 12.2 Å². The highest BCUT2D eigenvalue weighted by molar-refractivity contribution is 7.99. The van der Waals surface area contributed by atoms with E-state index in [-0.39, 0.29) is 17.2 Å². The molecule has 4 nitrogen and oxygen atoms in total. The first kappa shape index (κ1) is 20.2. The SMILES string of the molecule is CCCCCNC(=O)[C@@H]1CS[C@@H](c2cccs2)N1C(=O)c1ccc(Cl)cc1. The zero-order chi connectivity index (χ0) is 19.2. The first-order valence-electron chi connectivity index (χ1n) is 9.12. The Hall–Kier alpha value is -1.50. The number of carbonyl (C=O) groups excluding carboxylic acids is 2. The van der Waals surface area contributed by atoms with Crippen LogP contribution >= 0.6 is 34.7 Å². The molecule has 2 aromatic rings. The van der Waals surface area contributed by atoms with Gasteiger partial charge in [-0.25, -0.2) is 0 Å². The van der Waals surface area contributed by atoms with Crippen LogP contribution in [0.2, 0.25) is 5.02 Å². The van der Waals surface area contributed by atoms with E-state index >= 15 is 0 Å². The molecule has 0 aliphatic carbocycles. The average Bonchev–Trinajstić information content (AvgIpc) is 3.34. The Morgan fingerprint density at radius 3 is 2.67 bits per heavy atom. The van der Waals surface area contributed by atoms with E-state index in [1.54, 1.807) is 52.3 Å². The van der Waals surface area contributed by atoms with Crippen LogP contribution in [0, 0.1) is 0 Å². The number of unbranched alkanes of at least 4 members (excludes halogenated alkanes) is 2. The van der Waals surface area contributed by atoms with Gasteiger partial charge in [0, 0.05) is 27.8 Å². The zero-order valence-electron chi connectivity index (χ0n) is 15.2. The van der Waals surface area contributed by atoms with Crippen molar-refractivity contribution in [2.24, 2.45) is 0 Å². The van der Waals surface area contributed by atoms with Crippen molar-refractivity contribution < 1.29 is 9.59 Å². The molecule has 1 aliphatic rings. The zero-order valence-corrected chi connectivity index (χ0v) is 17.6. The van der Waals surface area contributed by atoms with Gasteiger partial charge in [0.1, 0.15) is 11.4 Å². The van der Waals surface area contributed by atoms with Gasteiger partial charge in [-0.05, 0) is 42.1 Å². The lowest BCUT2D eigenvalue weighted by molar-refractivity contribution is -0.124. The molecule has 0 bridgehead atoms. The first-order chi connectivity index (χ1) is 13.1. The van der Waals surface area contributed by atoms with Crippen LogP contribution in [-0.2, 0) is 4.79 Å². The summed E-state index contributed by atoms with van der Waals surface area (Å²) in [5.74, 6) is 0.394. The molecule has 7 heteroatoms. The minimum atomic E-state index is -0.466. The summed E-state index contributed by atoms with van der Waals surface area (Å²) in [6, 6.07) is 10.4. The second-order valence-electron chi connectivity index (χ2n) is 6.43. The summed E-state index contributed by atoms with van der Waals surface area (Å²) in [6.07, 6.45) is 3.16. The molecular weight excluding hydrogens is 400 g/mol. The highest BCUT2D eigenvalue weighted by Crippen LogP contribution is 2.43. The van der Waals surface area contributed by atoms with E-state index in [1.165, 1.54) is 0 Å². The topological polar surface area (TPSA) is 49.4 Å². The lowest BCUT2D eigenvalue weighted by atomic mass is 10.1. The summed E-state index contributed by atoms with van der Waals surface area (Å²) in [5, 5.41) is 5.45. The van der Waals surface area contributed by atoms with Crippen molar-refractivity contribution in [2.45, 2.75) is 37.6 Å². The third-order valence-corrected chi connectivity index (χ3v) is 7.13. The fourth-order valence-corrected chi connectivity index (χ4v) is 5.57. The predicted octanol–water partition coefficient (Wildman–Crippen LogP) is 4.96. The molecule has 1 saturated heterocycles. The molecule has 2 amide bonds. The normalized spacial score (nSPS) is 19.3. The molecular formula is C20H23ClN2O2S2.